The molecular formula is C15H21ClN2O3S. The van der Waals surface area contributed by atoms with Gasteiger partial charge in [-0.05, 0) is 43.0 Å². The van der Waals surface area contributed by atoms with Gasteiger partial charge in [-0.15, -0.1) is 0 Å². The third kappa shape index (κ3) is 4.14. The summed E-state index contributed by atoms with van der Waals surface area (Å²) in [7, 11) is -3.07. The van der Waals surface area contributed by atoms with Crippen molar-refractivity contribution in [3.63, 3.8) is 0 Å². The number of benzene rings is 1. The van der Waals surface area contributed by atoms with Gasteiger partial charge in [-0.25, -0.2) is 13.2 Å². The molecule has 1 aliphatic heterocycles. The zero-order valence-electron chi connectivity index (χ0n) is 13.0. The van der Waals surface area contributed by atoms with Crippen molar-refractivity contribution in [2.75, 3.05) is 29.9 Å². The lowest BCUT2D eigenvalue weighted by Gasteiger charge is -2.22. The van der Waals surface area contributed by atoms with E-state index < -0.39 is 9.84 Å². The van der Waals surface area contributed by atoms with E-state index in [0.29, 0.717) is 17.3 Å². The lowest BCUT2D eigenvalue weighted by atomic mass is 10.1. The smallest absolute Gasteiger partial charge is 0.321 e. The van der Waals surface area contributed by atoms with Crippen LogP contribution in [0.2, 0.25) is 5.02 Å². The van der Waals surface area contributed by atoms with Crippen molar-refractivity contribution in [2.45, 2.75) is 20.8 Å². The number of rotatable bonds is 1. The summed E-state index contributed by atoms with van der Waals surface area (Å²) in [6, 6.07) is 3.35. The fourth-order valence-electron chi connectivity index (χ4n) is 2.69. The van der Waals surface area contributed by atoms with E-state index in [1.165, 1.54) is 0 Å². The predicted octanol–water partition coefficient (Wildman–Crippen LogP) is 2.86. The van der Waals surface area contributed by atoms with Crippen molar-refractivity contribution >= 4 is 33.2 Å². The van der Waals surface area contributed by atoms with Gasteiger partial charge in [-0.3, -0.25) is 0 Å². The summed E-state index contributed by atoms with van der Waals surface area (Å²) in [4.78, 5) is 13.9. The first-order valence-electron chi connectivity index (χ1n) is 7.21. The molecular weight excluding hydrogens is 324 g/mol. The molecule has 0 aliphatic carbocycles. The normalized spacial score (nSPS) is 21.3. The number of halogens is 1. The van der Waals surface area contributed by atoms with Crippen LogP contribution in [-0.2, 0) is 9.84 Å². The van der Waals surface area contributed by atoms with Crippen LogP contribution in [0.4, 0.5) is 10.5 Å². The summed E-state index contributed by atoms with van der Waals surface area (Å²) in [6.07, 6.45) is 0. The zero-order chi connectivity index (χ0) is 16.5. The largest absolute Gasteiger partial charge is 0.323 e. The molecule has 1 atom stereocenters. The number of nitrogens with one attached hydrogen (secondary N) is 1. The molecule has 1 fully saturated rings. The minimum atomic E-state index is -3.07. The van der Waals surface area contributed by atoms with Gasteiger partial charge >= 0.3 is 6.03 Å². The van der Waals surface area contributed by atoms with Crippen LogP contribution < -0.4 is 5.32 Å². The fourth-order valence-corrected chi connectivity index (χ4v) is 4.44. The van der Waals surface area contributed by atoms with Crippen molar-refractivity contribution in [1.29, 1.82) is 0 Å². The lowest BCUT2D eigenvalue weighted by molar-refractivity contribution is 0.210. The highest BCUT2D eigenvalue weighted by atomic mass is 35.5. The molecule has 0 aromatic heterocycles. The summed E-state index contributed by atoms with van der Waals surface area (Å²) in [6.45, 7) is 6.28. The molecule has 2 rings (SSSR count). The molecule has 122 valence electrons. The maximum Gasteiger partial charge on any atom is 0.321 e. The van der Waals surface area contributed by atoms with E-state index >= 15 is 0 Å². The number of nitrogens with zero attached hydrogens (tertiary/aromatic N) is 1. The molecule has 22 heavy (non-hydrogen) atoms. The van der Waals surface area contributed by atoms with Gasteiger partial charge in [-0.1, -0.05) is 18.5 Å². The summed E-state index contributed by atoms with van der Waals surface area (Å²) < 4.78 is 23.5. The predicted molar refractivity (Wildman–Crippen MR) is 89.3 cm³/mol. The molecule has 5 nitrogen and oxygen atoms in total. The number of hydrogen-bond donors (Lipinski definition) is 1. The van der Waals surface area contributed by atoms with Crippen LogP contribution in [0.1, 0.15) is 18.1 Å². The van der Waals surface area contributed by atoms with E-state index in [9.17, 15) is 13.2 Å². The number of sulfone groups is 1. The number of hydrogen-bond acceptors (Lipinski definition) is 3. The lowest BCUT2D eigenvalue weighted by Crippen LogP contribution is -2.38. The van der Waals surface area contributed by atoms with Gasteiger partial charge in [0, 0.05) is 23.8 Å². The Hall–Kier alpha value is -1.27. The number of carbonyl (C=O) groups excluding carboxylic acids is 1. The Balaban J connectivity index is 2.12. The van der Waals surface area contributed by atoms with Crippen LogP contribution in [0.5, 0.6) is 0 Å². The number of anilines is 1. The Morgan fingerprint density at radius 2 is 1.91 bits per heavy atom. The molecule has 0 spiro atoms. The van der Waals surface area contributed by atoms with Crippen LogP contribution >= 0.6 is 11.6 Å². The SMILES string of the molecule is Cc1cc(NC(=O)N2CCS(=O)(=O)C[C@@H](C)C2)cc(C)c1Cl. The molecule has 1 N–H and O–H groups in total. The van der Waals surface area contributed by atoms with E-state index in [2.05, 4.69) is 5.32 Å². The fraction of sp³-hybridized carbons (Fsp3) is 0.533. The molecule has 0 radical (unpaired) electrons. The van der Waals surface area contributed by atoms with Crippen LogP contribution in [0.15, 0.2) is 12.1 Å². The van der Waals surface area contributed by atoms with Crippen LogP contribution in [0.25, 0.3) is 0 Å². The Labute approximate surface area is 136 Å². The summed E-state index contributed by atoms with van der Waals surface area (Å²) in [5.74, 6) is 0.0891. The zero-order valence-corrected chi connectivity index (χ0v) is 14.6. The number of urea groups is 1. The van der Waals surface area contributed by atoms with Gasteiger partial charge in [0.2, 0.25) is 0 Å². The second-order valence-corrected chi connectivity index (χ2v) is 8.63. The second kappa shape index (κ2) is 6.46. The first-order chi connectivity index (χ1) is 10.2. The van der Waals surface area contributed by atoms with Gasteiger partial charge < -0.3 is 10.2 Å². The Morgan fingerprint density at radius 3 is 2.50 bits per heavy atom. The van der Waals surface area contributed by atoms with Crippen molar-refractivity contribution in [2.24, 2.45) is 5.92 Å². The highest BCUT2D eigenvalue weighted by Crippen LogP contribution is 2.24. The molecule has 7 heteroatoms. The standard InChI is InChI=1S/C15H21ClN2O3S/c1-10-8-18(4-5-22(20,21)9-10)15(19)17-13-6-11(2)14(16)12(3)7-13/h6-7,10H,4-5,8-9H2,1-3H3,(H,17,19)/t10-/m0/s1. The highest BCUT2D eigenvalue weighted by Gasteiger charge is 2.27. The molecule has 0 saturated carbocycles. The average molecular weight is 345 g/mol. The topological polar surface area (TPSA) is 66.5 Å². The molecule has 0 bridgehead atoms. The minimum Gasteiger partial charge on any atom is -0.323 e. The van der Waals surface area contributed by atoms with Crippen molar-refractivity contribution in [3.05, 3.63) is 28.3 Å². The van der Waals surface area contributed by atoms with E-state index in [1.807, 2.05) is 32.9 Å². The number of carbonyl (C=O) groups is 1. The first-order valence-corrected chi connectivity index (χ1v) is 9.41. The van der Waals surface area contributed by atoms with Crippen LogP contribution in [0.3, 0.4) is 0 Å². The Morgan fingerprint density at radius 1 is 1.32 bits per heavy atom. The van der Waals surface area contributed by atoms with E-state index in [0.717, 1.165) is 11.1 Å². The number of amides is 2. The summed E-state index contributed by atoms with van der Waals surface area (Å²) in [5, 5.41) is 3.52. The maximum absolute atomic E-state index is 12.4. The van der Waals surface area contributed by atoms with E-state index in [-0.39, 0.29) is 30.0 Å². The molecule has 1 aromatic carbocycles. The third-order valence-electron chi connectivity index (χ3n) is 3.72. The summed E-state index contributed by atoms with van der Waals surface area (Å²) in [5.41, 5.74) is 2.46. The molecule has 2 amide bonds. The highest BCUT2D eigenvalue weighted by molar-refractivity contribution is 7.91. The van der Waals surface area contributed by atoms with Gasteiger partial charge in [0.05, 0.1) is 11.5 Å². The van der Waals surface area contributed by atoms with Crippen LogP contribution in [0, 0.1) is 19.8 Å². The number of aryl methyl sites for hydroxylation is 2. The van der Waals surface area contributed by atoms with E-state index in [4.69, 9.17) is 11.6 Å². The second-order valence-electron chi connectivity index (χ2n) is 6.02. The molecule has 1 saturated heterocycles. The first kappa shape index (κ1) is 17.1. The third-order valence-corrected chi connectivity index (χ3v) is 6.20. The van der Waals surface area contributed by atoms with Gasteiger partial charge in [0.25, 0.3) is 0 Å². The Bertz CT molecular complexity index is 665. The van der Waals surface area contributed by atoms with Gasteiger partial charge in [0.15, 0.2) is 9.84 Å². The molecule has 1 aliphatic rings. The van der Waals surface area contributed by atoms with Gasteiger partial charge in [0.1, 0.15) is 0 Å². The van der Waals surface area contributed by atoms with E-state index in [1.54, 1.807) is 4.90 Å². The van der Waals surface area contributed by atoms with Crippen molar-refractivity contribution in [3.8, 4) is 0 Å². The monoisotopic (exact) mass is 344 g/mol. The molecule has 1 aromatic rings. The van der Waals surface area contributed by atoms with Crippen molar-refractivity contribution < 1.29 is 13.2 Å². The maximum atomic E-state index is 12.4. The summed E-state index contributed by atoms with van der Waals surface area (Å²) >= 11 is 6.12. The minimum absolute atomic E-state index is 0.0173. The van der Waals surface area contributed by atoms with Crippen molar-refractivity contribution in [1.82, 2.24) is 4.90 Å². The molecule has 0 unspecified atom stereocenters. The Kier molecular flexibility index (Phi) is 5.02. The molecule has 1 heterocycles. The quantitative estimate of drug-likeness (QED) is 0.851. The van der Waals surface area contributed by atoms with Gasteiger partial charge in [-0.2, -0.15) is 0 Å². The van der Waals surface area contributed by atoms with Crippen LogP contribution in [-0.4, -0.2) is 43.9 Å². The average Bonchev–Trinajstić information content (AvgIpc) is 2.53.